The summed E-state index contributed by atoms with van der Waals surface area (Å²) < 4.78 is 11.1. The number of furan rings is 1. The summed E-state index contributed by atoms with van der Waals surface area (Å²) in [6, 6.07) is 10.1. The molecule has 0 aliphatic carbocycles. The summed E-state index contributed by atoms with van der Waals surface area (Å²) in [5.74, 6) is -1.68. The van der Waals surface area contributed by atoms with E-state index >= 15 is 0 Å². The van der Waals surface area contributed by atoms with Crippen molar-refractivity contribution in [3.8, 4) is 11.5 Å². The molecule has 0 saturated heterocycles. The van der Waals surface area contributed by atoms with E-state index < -0.39 is 23.5 Å². The van der Waals surface area contributed by atoms with Crippen LogP contribution in [0.2, 0.25) is 5.02 Å². The average molecular weight is 471 g/mol. The molecule has 1 aliphatic rings. The summed E-state index contributed by atoms with van der Waals surface area (Å²) >= 11 is 6.12. The lowest BCUT2D eigenvalue weighted by atomic mass is 9.95. The van der Waals surface area contributed by atoms with Gasteiger partial charge in [-0.3, -0.25) is 9.59 Å². The molecule has 2 N–H and O–H groups in total. The summed E-state index contributed by atoms with van der Waals surface area (Å²) in [5, 5.41) is 21.7. The van der Waals surface area contributed by atoms with Crippen LogP contribution in [0.4, 0.5) is 0 Å². The first-order valence-corrected chi connectivity index (χ1v) is 10.6. The molecule has 0 saturated carbocycles. The summed E-state index contributed by atoms with van der Waals surface area (Å²) in [6.07, 6.45) is 0. The van der Waals surface area contributed by atoms with Gasteiger partial charge in [-0.05, 0) is 43.9 Å². The minimum absolute atomic E-state index is 0.0196. The molecule has 172 valence electrons. The zero-order chi connectivity index (χ0) is 23.9. The second-order valence-electron chi connectivity index (χ2n) is 8.03. The number of nitrogens with zero attached hydrogens (tertiary/aromatic N) is 2. The Balaban J connectivity index is 1.82. The fraction of sp³-hybridized carbons (Fsp3) is 0.250. The van der Waals surface area contributed by atoms with E-state index in [0.717, 1.165) is 0 Å². The molecule has 0 radical (unpaired) electrons. The number of fused-ring (bicyclic) bond motifs is 1. The number of aliphatic hydroxyl groups excluding tert-OH is 1. The molecule has 1 aromatic heterocycles. The van der Waals surface area contributed by atoms with Crippen molar-refractivity contribution in [3.63, 3.8) is 0 Å². The molecule has 33 heavy (non-hydrogen) atoms. The van der Waals surface area contributed by atoms with Crippen LogP contribution >= 0.6 is 11.6 Å². The largest absolute Gasteiger partial charge is 0.508 e. The Bertz CT molecular complexity index is 1280. The molecular formula is C24H23ClN2O6. The number of carbonyl (C=O) groups is 2. The summed E-state index contributed by atoms with van der Waals surface area (Å²) in [5.41, 5.74) is 0.702. The second kappa shape index (κ2) is 8.80. The Morgan fingerprint density at radius 3 is 2.64 bits per heavy atom. The molecule has 3 aromatic rings. The number of ether oxygens (including phenoxy) is 1. The van der Waals surface area contributed by atoms with E-state index in [1.807, 2.05) is 19.0 Å². The summed E-state index contributed by atoms with van der Waals surface area (Å²) in [6.45, 7) is 0.771. The number of likely N-dealkylation sites (N-methyl/N-ethyl adjacent to an activating group) is 1. The van der Waals surface area contributed by atoms with Gasteiger partial charge in [0.15, 0.2) is 22.9 Å². The van der Waals surface area contributed by atoms with Gasteiger partial charge < -0.3 is 29.2 Å². The Morgan fingerprint density at radius 2 is 1.97 bits per heavy atom. The van der Waals surface area contributed by atoms with Gasteiger partial charge in [-0.25, -0.2) is 0 Å². The topological polar surface area (TPSA) is 103 Å². The summed E-state index contributed by atoms with van der Waals surface area (Å²) in [4.78, 5) is 29.8. The van der Waals surface area contributed by atoms with Gasteiger partial charge >= 0.3 is 0 Å². The normalized spacial score (nSPS) is 16.3. The maximum atomic E-state index is 13.6. The van der Waals surface area contributed by atoms with Crippen molar-refractivity contribution >= 4 is 34.3 Å². The molecule has 8 nitrogen and oxygen atoms in total. The van der Waals surface area contributed by atoms with Crippen LogP contribution in [-0.4, -0.2) is 66.0 Å². The van der Waals surface area contributed by atoms with E-state index in [0.29, 0.717) is 33.8 Å². The van der Waals surface area contributed by atoms with Crippen molar-refractivity contribution in [2.45, 2.75) is 6.04 Å². The van der Waals surface area contributed by atoms with Crippen LogP contribution in [0.25, 0.3) is 11.0 Å². The SMILES string of the molecule is COc1cc(Cl)cc2cc(C(=O)C3=C(O)C(=O)N(CCN(C)C)C3c3cccc(O)c3)oc12. The van der Waals surface area contributed by atoms with Crippen LogP contribution in [0.15, 0.2) is 58.2 Å². The molecule has 1 amide bonds. The molecule has 0 bridgehead atoms. The highest BCUT2D eigenvalue weighted by Crippen LogP contribution is 2.41. The highest BCUT2D eigenvalue weighted by atomic mass is 35.5. The van der Waals surface area contributed by atoms with Crippen molar-refractivity contribution in [2.24, 2.45) is 0 Å². The second-order valence-corrected chi connectivity index (χ2v) is 8.46. The van der Waals surface area contributed by atoms with Crippen molar-refractivity contribution in [1.29, 1.82) is 0 Å². The Kier molecular flexibility index (Phi) is 6.05. The molecule has 2 aromatic carbocycles. The van der Waals surface area contributed by atoms with E-state index in [-0.39, 0.29) is 23.6 Å². The lowest BCUT2D eigenvalue weighted by Crippen LogP contribution is -2.36. The minimum Gasteiger partial charge on any atom is -0.508 e. The lowest BCUT2D eigenvalue weighted by Gasteiger charge is -2.27. The molecule has 0 spiro atoms. The van der Waals surface area contributed by atoms with Gasteiger partial charge in [0.2, 0.25) is 5.78 Å². The molecule has 4 rings (SSSR count). The van der Waals surface area contributed by atoms with Gasteiger partial charge in [0.05, 0.1) is 18.7 Å². The van der Waals surface area contributed by atoms with E-state index in [9.17, 15) is 19.8 Å². The Labute approximate surface area is 195 Å². The van der Waals surface area contributed by atoms with E-state index in [2.05, 4.69) is 0 Å². The van der Waals surface area contributed by atoms with Crippen molar-refractivity contribution in [2.75, 3.05) is 34.3 Å². The number of phenolic OH excluding ortho intramolecular Hbond substituents is 1. The molecule has 2 heterocycles. The third-order valence-corrected chi connectivity index (χ3v) is 5.73. The molecular weight excluding hydrogens is 448 g/mol. The number of hydrogen-bond acceptors (Lipinski definition) is 7. The smallest absolute Gasteiger partial charge is 0.290 e. The number of hydrogen-bond donors (Lipinski definition) is 2. The van der Waals surface area contributed by atoms with Gasteiger partial charge in [0, 0.05) is 29.6 Å². The molecule has 9 heteroatoms. The van der Waals surface area contributed by atoms with E-state index in [1.165, 1.54) is 30.2 Å². The zero-order valence-electron chi connectivity index (χ0n) is 18.3. The van der Waals surface area contributed by atoms with Gasteiger partial charge in [0.1, 0.15) is 5.75 Å². The predicted octanol–water partition coefficient (Wildman–Crippen LogP) is 3.94. The van der Waals surface area contributed by atoms with Gasteiger partial charge in [-0.1, -0.05) is 23.7 Å². The summed E-state index contributed by atoms with van der Waals surface area (Å²) in [7, 11) is 5.17. The first kappa shape index (κ1) is 22.7. The average Bonchev–Trinajstić information content (AvgIpc) is 3.30. The van der Waals surface area contributed by atoms with Crippen LogP contribution < -0.4 is 4.74 Å². The number of Topliss-reactive ketones (excluding diaryl/α,β-unsaturated/α-hetero) is 1. The third-order valence-electron chi connectivity index (χ3n) is 5.51. The number of aliphatic hydroxyl groups is 1. The number of carbonyl (C=O) groups excluding carboxylic acids is 2. The van der Waals surface area contributed by atoms with Gasteiger partial charge in [0.25, 0.3) is 5.91 Å². The maximum absolute atomic E-state index is 13.6. The van der Waals surface area contributed by atoms with Crippen LogP contribution in [0.5, 0.6) is 11.5 Å². The van der Waals surface area contributed by atoms with E-state index in [4.69, 9.17) is 20.8 Å². The Hall–Kier alpha value is -3.49. The standard InChI is InChI=1S/C24H23ClN2O6/c1-26(2)7-8-27-20(13-5-4-6-16(28)10-13)19(22(30)24(27)31)21(29)17-11-14-9-15(25)12-18(32-3)23(14)33-17/h4-6,9-12,20,28,30H,7-8H2,1-3H3. The predicted molar refractivity (Wildman–Crippen MR) is 123 cm³/mol. The highest BCUT2D eigenvalue weighted by Gasteiger charge is 2.44. The Morgan fingerprint density at radius 1 is 1.21 bits per heavy atom. The third kappa shape index (κ3) is 4.15. The zero-order valence-corrected chi connectivity index (χ0v) is 19.1. The number of methoxy groups -OCH3 is 1. The first-order chi connectivity index (χ1) is 15.7. The number of aromatic hydroxyl groups is 1. The van der Waals surface area contributed by atoms with Crippen molar-refractivity contribution in [1.82, 2.24) is 9.80 Å². The number of benzene rings is 2. The molecule has 1 aliphatic heterocycles. The molecule has 1 unspecified atom stereocenters. The highest BCUT2D eigenvalue weighted by molar-refractivity contribution is 6.31. The monoisotopic (exact) mass is 470 g/mol. The minimum atomic E-state index is -0.893. The van der Waals surface area contributed by atoms with Crippen molar-refractivity contribution < 1.29 is 29.0 Å². The molecule has 1 atom stereocenters. The number of rotatable bonds is 7. The maximum Gasteiger partial charge on any atom is 0.290 e. The van der Waals surface area contributed by atoms with E-state index in [1.54, 1.807) is 24.3 Å². The fourth-order valence-corrected chi connectivity index (χ4v) is 4.16. The molecule has 0 fully saturated rings. The van der Waals surface area contributed by atoms with Crippen LogP contribution in [-0.2, 0) is 4.79 Å². The van der Waals surface area contributed by atoms with Crippen molar-refractivity contribution in [3.05, 3.63) is 70.1 Å². The first-order valence-electron chi connectivity index (χ1n) is 10.2. The number of phenols is 1. The number of halogens is 1. The quantitative estimate of drug-likeness (QED) is 0.504. The van der Waals surface area contributed by atoms with Gasteiger partial charge in [-0.2, -0.15) is 0 Å². The number of ketones is 1. The lowest BCUT2D eigenvalue weighted by molar-refractivity contribution is -0.129. The van der Waals surface area contributed by atoms with Crippen LogP contribution in [0, 0.1) is 0 Å². The van der Waals surface area contributed by atoms with Crippen LogP contribution in [0.1, 0.15) is 22.2 Å². The number of amides is 1. The van der Waals surface area contributed by atoms with Crippen LogP contribution in [0.3, 0.4) is 0 Å². The fourth-order valence-electron chi connectivity index (χ4n) is 3.95. The van der Waals surface area contributed by atoms with Gasteiger partial charge in [-0.15, -0.1) is 0 Å².